The molecule has 4 rings (SSSR count). The molecule has 1 aliphatic heterocycles. The monoisotopic (exact) mass is 698 g/mol. The van der Waals surface area contributed by atoms with Gasteiger partial charge >= 0.3 is 5.97 Å². The summed E-state index contributed by atoms with van der Waals surface area (Å²) in [6.45, 7) is 5.89. The average molecular weight is 699 g/mol. The van der Waals surface area contributed by atoms with Gasteiger partial charge in [0, 0.05) is 0 Å². The van der Waals surface area contributed by atoms with E-state index in [1.54, 1.807) is 45.2 Å². The first-order valence-electron chi connectivity index (χ1n) is 11.4. The summed E-state index contributed by atoms with van der Waals surface area (Å²) < 4.78 is 19.5. The number of aromatic nitrogens is 1. The molecule has 0 spiro atoms. The highest BCUT2D eigenvalue weighted by molar-refractivity contribution is 14.1. The smallest absolute Gasteiger partial charge is 0.338 e. The zero-order chi connectivity index (χ0) is 26.9. The summed E-state index contributed by atoms with van der Waals surface area (Å²) in [6, 6.07) is 8.14. The number of methoxy groups -OCH3 is 1. The molecule has 0 radical (unpaired) electrons. The van der Waals surface area contributed by atoms with Gasteiger partial charge in [0.15, 0.2) is 16.3 Å². The van der Waals surface area contributed by atoms with Crippen LogP contribution in [-0.2, 0) is 9.53 Å². The fraction of sp³-hybridized carbons (Fsp3) is 0.269. The Morgan fingerprint density at radius 1 is 1.24 bits per heavy atom. The first-order valence-corrected chi connectivity index (χ1v) is 14.1. The molecule has 1 aliphatic rings. The second-order valence-electron chi connectivity index (χ2n) is 7.98. The number of esters is 1. The van der Waals surface area contributed by atoms with Crippen molar-refractivity contribution in [3.05, 3.63) is 80.5 Å². The van der Waals surface area contributed by atoms with Crippen LogP contribution in [-0.4, -0.2) is 36.0 Å². The number of hydrogen-bond acceptors (Lipinski definition) is 8. The Morgan fingerprint density at radius 2 is 2.00 bits per heavy atom. The number of nitrogens with zero attached hydrogens (tertiary/aromatic N) is 2. The van der Waals surface area contributed by atoms with E-state index in [9.17, 15) is 14.7 Å². The van der Waals surface area contributed by atoms with Crippen LogP contribution in [0.25, 0.3) is 6.08 Å². The van der Waals surface area contributed by atoms with Crippen LogP contribution in [0, 0.1) is 3.57 Å². The van der Waals surface area contributed by atoms with E-state index in [0.29, 0.717) is 57.9 Å². The highest BCUT2D eigenvalue weighted by Crippen LogP contribution is 2.35. The van der Waals surface area contributed by atoms with Crippen molar-refractivity contribution in [2.24, 2.45) is 4.99 Å². The second-order valence-corrected chi connectivity index (χ2v) is 11.0. The van der Waals surface area contributed by atoms with Crippen LogP contribution in [0.2, 0.25) is 0 Å². The van der Waals surface area contributed by atoms with E-state index >= 15 is 0 Å². The van der Waals surface area contributed by atoms with Gasteiger partial charge in [0.05, 0.1) is 50.2 Å². The fourth-order valence-corrected chi connectivity index (χ4v) is 6.28. The number of rotatable bonds is 7. The maximum Gasteiger partial charge on any atom is 0.338 e. The third-order valence-corrected chi connectivity index (χ3v) is 8.08. The van der Waals surface area contributed by atoms with Gasteiger partial charge in [0.25, 0.3) is 5.56 Å². The van der Waals surface area contributed by atoms with Crippen molar-refractivity contribution in [2.45, 2.75) is 26.8 Å². The van der Waals surface area contributed by atoms with Crippen molar-refractivity contribution in [1.29, 1.82) is 0 Å². The van der Waals surface area contributed by atoms with Gasteiger partial charge in [-0.2, -0.15) is 0 Å². The van der Waals surface area contributed by atoms with Crippen LogP contribution >= 0.6 is 49.9 Å². The van der Waals surface area contributed by atoms with Gasteiger partial charge in [0.2, 0.25) is 0 Å². The van der Waals surface area contributed by atoms with E-state index in [0.717, 1.165) is 0 Å². The number of thiazole rings is 1. The molecular weight excluding hydrogens is 675 g/mol. The van der Waals surface area contributed by atoms with Crippen molar-refractivity contribution in [3.8, 4) is 17.2 Å². The van der Waals surface area contributed by atoms with Crippen molar-refractivity contribution in [2.75, 3.05) is 20.3 Å². The van der Waals surface area contributed by atoms with Crippen LogP contribution in [0.15, 0.2) is 55.9 Å². The molecule has 2 heterocycles. The lowest BCUT2D eigenvalue weighted by molar-refractivity contribution is -0.139. The quantitative estimate of drug-likeness (QED) is 0.292. The van der Waals surface area contributed by atoms with E-state index in [4.69, 9.17) is 14.2 Å². The molecule has 37 heavy (non-hydrogen) atoms. The van der Waals surface area contributed by atoms with Gasteiger partial charge in [-0.3, -0.25) is 9.36 Å². The molecule has 11 heteroatoms. The molecule has 0 bridgehead atoms. The van der Waals surface area contributed by atoms with Gasteiger partial charge < -0.3 is 19.3 Å². The molecule has 1 atom stereocenters. The van der Waals surface area contributed by atoms with E-state index in [1.807, 2.05) is 41.6 Å². The number of phenols is 1. The number of halogens is 2. The van der Waals surface area contributed by atoms with Crippen molar-refractivity contribution in [3.63, 3.8) is 0 Å². The normalized spacial score (nSPS) is 15.3. The van der Waals surface area contributed by atoms with E-state index < -0.39 is 12.0 Å². The highest BCUT2D eigenvalue weighted by Gasteiger charge is 2.33. The number of benzene rings is 2. The SMILES string of the molecule is CCOC(=O)C1=C(C)N=c2s/c(=C/c3cc(I)c(O)c(OCC)c3)c(=O)n2[C@H]1c1ccc(OC)c(Br)c1. The fourth-order valence-electron chi connectivity index (χ4n) is 4.05. The predicted molar refractivity (Wildman–Crippen MR) is 153 cm³/mol. The van der Waals surface area contributed by atoms with Gasteiger partial charge in [-0.05, 0) is 101 Å². The van der Waals surface area contributed by atoms with Crippen LogP contribution in [0.1, 0.15) is 37.9 Å². The summed E-state index contributed by atoms with van der Waals surface area (Å²) in [5.41, 5.74) is 1.89. The highest BCUT2D eigenvalue weighted by atomic mass is 127. The Hall–Kier alpha value is -2.64. The van der Waals surface area contributed by atoms with Crippen LogP contribution in [0.5, 0.6) is 17.2 Å². The molecule has 0 saturated carbocycles. The summed E-state index contributed by atoms with van der Waals surface area (Å²) in [7, 11) is 1.57. The number of phenolic OH excluding ortho intramolecular Hbond substituents is 1. The standard InChI is InChI=1S/C26H24BrIN2O6S/c1-5-35-19-10-14(9-17(28)23(19)31)11-20-24(32)30-22(15-7-8-18(34-4)16(27)12-15)21(25(33)36-6-2)13(3)29-26(30)37-20/h7-12,22,31H,5-6H2,1-4H3/b20-11+/t22-/m0/s1. The van der Waals surface area contributed by atoms with E-state index in [-0.39, 0.29) is 17.9 Å². The molecule has 0 saturated heterocycles. The Labute approximate surface area is 239 Å². The number of aromatic hydroxyl groups is 1. The minimum Gasteiger partial charge on any atom is -0.504 e. The van der Waals surface area contributed by atoms with Gasteiger partial charge in [-0.15, -0.1) is 0 Å². The maximum absolute atomic E-state index is 13.8. The summed E-state index contributed by atoms with van der Waals surface area (Å²) in [4.78, 5) is 31.9. The third-order valence-electron chi connectivity index (χ3n) is 5.66. The summed E-state index contributed by atoms with van der Waals surface area (Å²) in [5.74, 6) is 0.502. The predicted octanol–water partition coefficient (Wildman–Crippen LogP) is 4.28. The summed E-state index contributed by atoms with van der Waals surface area (Å²) in [6.07, 6.45) is 1.73. The molecular formula is C26H24BrIN2O6S. The minimum atomic E-state index is -0.737. The van der Waals surface area contributed by atoms with Crippen LogP contribution in [0.4, 0.5) is 0 Å². The molecule has 194 valence electrons. The van der Waals surface area contributed by atoms with Crippen LogP contribution in [0.3, 0.4) is 0 Å². The zero-order valence-corrected chi connectivity index (χ0v) is 25.1. The Kier molecular flexibility index (Phi) is 8.44. The Bertz CT molecular complexity index is 1590. The molecule has 8 nitrogen and oxygen atoms in total. The van der Waals surface area contributed by atoms with Crippen molar-refractivity contribution >= 4 is 61.9 Å². The average Bonchev–Trinajstić information content (AvgIpc) is 3.15. The number of carbonyl (C=O) groups is 1. The molecule has 0 fully saturated rings. The first-order chi connectivity index (χ1) is 17.7. The van der Waals surface area contributed by atoms with Gasteiger partial charge in [-0.1, -0.05) is 17.4 Å². The largest absolute Gasteiger partial charge is 0.504 e. The topological polar surface area (TPSA) is 99.4 Å². The lowest BCUT2D eigenvalue weighted by atomic mass is 9.96. The summed E-state index contributed by atoms with van der Waals surface area (Å²) >= 11 is 6.76. The second kappa shape index (κ2) is 11.4. The lowest BCUT2D eigenvalue weighted by Crippen LogP contribution is -2.40. The van der Waals surface area contributed by atoms with E-state index in [1.165, 1.54) is 15.9 Å². The van der Waals surface area contributed by atoms with Crippen molar-refractivity contribution in [1.82, 2.24) is 4.57 Å². The van der Waals surface area contributed by atoms with Crippen LogP contribution < -0.4 is 24.4 Å². The number of allylic oxidation sites excluding steroid dienone is 1. The molecule has 0 unspecified atom stereocenters. The van der Waals surface area contributed by atoms with E-state index in [2.05, 4.69) is 20.9 Å². The molecule has 0 aliphatic carbocycles. The molecule has 1 aromatic heterocycles. The molecule has 1 N–H and O–H groups in total. The third kappa shape index (κ3) is 5.34. The van der Waals surface area contributed by atoms with Crippen molar-refractivity contribution < 1.29 is 24.1 Å². The minimum absolute atomic E-state index is 0.0563. The summed E-state index contributed by atoms with van der Waals surface area (Å²) in [5, 5.41) is 10.3. The Morgan fingerprint density at radius 3 is 2.65 bits per heavy atom. The van der Waals surface area contributed by atoms with Gasteiger partial charge in [0.1, 0.15) is 5.75 Å². The zero-order valence-electron chi connectivity index (χ0n) is 20.5. The molecule has 3 aromatic rings. The number of ether oxygens (including phenoxy) is 3. The number of hydrogen-bond donors (Lipinski definition) is 1. The molecule has 0 amide bonds. The number of carbonyl (C=O) groups excluding carboxylic acids is 1. The molecule has 2 aromatic carbocycles. The Balaban J connectivity index is 1.95. The lowest BCUT2D eigenvalue weighted by Gasteiger charge is -2.25. The first kappa shape index (κ1) is 27.4. The maximum atomic E-state index is 13.8. The van der Waals surface area contributed by atoms with Gasteiger partial charge in [-0.25, -0.2) is 9.79 Å². The number of fused-ring (bicyclic) bond motifs is 1.